The highest BCUT2D eigenvalue weighted by atomic mass is 16.5. The Morgan fingerprint density at radius 1 is 0.975 bits per heavy atom. The molecule has 11 heteroatoms. The van der Waals surface area contributed by atoms with Gasteiger partial charge in [-0.3, -0.25) is 19.4 Å². The molecule has 5 rings (SSSR count). The molecule has 0 bridgehead atoms. The van der Waals surface area contributed by atoms with Gasteiger partial charge in [0, 0.05) is 43.0 Å². The number of hydrogen-bond donors (Lipinski definition) is 3. The fourth-order valence-electron chi connectivity index (χ4n) is 5.12. The number of nitrogens with two attached hydrogens (primary N) is 1. The van der Waals surface area contributed by atoms with Crippen molar-refractivity contribution in [2.24, 2.45) is 11.7 Å². The van der Waals surface area contributed by atoms with Crippen LogP contribution in [0.3, 0.4) is 0 Å². The second-order valence-corrected chi connectivity index (χ2v) is 10.1. The van der Waals surface area contributed by atoms with Crippen LogP contribution < -0.4 is 16.4 Å². The van der Waals surface area contributed by atoms with Gasteiger partial charge in [0.05, 0.1) is 19.4 Å². The molecule has 1 saturated heterocycles. The Bertz CT molecular complexity index is 1340. The van der Waals surface area contributed by atoms with E-state index >= 15 is 0 Å². The Balaban J connectivity index is 1.19. The van der Waals surface area contributed by atoms with Gasteiger partial charge in [0.2, 0.25) is 0 Å². The van der Waals surface area contributed by atoms with Crippen molar-refractivity contribution >= 4 is 34.9 Å². The molecule has 0 spiro atoms. The fourth-order valence-corrected chi connectivity index (χ4v) is 5.12. The van der Waals surface area contributed by atoms with E-state index in [2.05, 4.69) is 25.6 Å². The van der Waals surface area contributed by atoms with Gasteiger partial charge in [-0.25, -0.2) is 9.97 Å². The zero-order valence-corrected chi connectivity index (χ0v) is 22.2. The van der Waals surface area contributed by atoms with Gasteiger partial charge in [-0.15, -0.1) is 0 Å². The van der Waals surface area contributed by atoms with E-state index in [1.54, 1.807) is 47.5 Å². The number of pyridine rings is 1. The van der Waals surface area contributed by atoms with E-state index in [1.807, 2.05) is 6.07 Å². The van der Waals surface area contributed by atoms with Crippen LogP contribution in [0.1, 0.15) is 63.4 Å². The zero-order chi connectivity index (χ0) is 27.9. The number of benzene rings is 1. The maximum atomic E-state index is 12.7. The molecule has 1 aliphatic carbocycles. The third kappa shape index (κ3) is 6.78. The third-order valence-corrected chi connectivity index (χ3v) is 7.32. The van der Waals surface area contributed by atoms with E-state index in [4.69, 9.17) is 10.5 Å². The SMILES string of the molecule is NC(=O)c1ncc(NC2CCC(CC(=O)c3ccccn3)CC2)nc1Nc1ccc(C(=O)N2CCOCC2)cc1. The van der Waals surface area contributed by atoms with Crippen molar-refractivity contribution in [2.45, 2.75) is 38.1 Å². The van der Waals surface area contributed by atoms with Crippen molar-refractivity contribution < 1.29 is 19.1 Å². The molecule has 0 atom stereocenters. The molecule has 0 radical (unpaired) electrons. The number of hydrogen-bond acceptors (Lipinski definition) is 9. The number of morpholine rings is 1. The number of ether oxygens (including phenoxy) is 1. The van der Waals surface area contributed by atoms with Crippen LogP contribution in [0, 0.1) is 5.92 Å². The first-order chi connectivity index (χ1) is 19.5. The normalized spacial score (nSPS) is 19.1. The van der Waals surface area contributed by atoms with Gasteiger partial charge in [0.25, 0.3) is 11.8 Å². The minimum absolute atomic E-state index is 0.0239. The van der Waals surface area contributed by atoms with E-state index in [0.717, 1.165) is 25.7 Å². The zero-order valence-electron chi connectivity index (χ0n) is 22.2. The van der Waals surface area contributed by atoms with E-state index in [1.165, 1.54) is 6.20 Å². The summed E-state index contributed by atoms with van der Waals surface area (Å²) in [6.07, 6.45) is 7.27. The summed E-state index contributed by atoms with van der Waals surface area (Å²) in [5.41, 5.74) is 7.31. The number of ketones is 1. The Hall–Kier alpha value is -4.38. The van der Waals surface area contributed by atoms with Gasteiger partial charge in [-0.2, -0.15) is 0 Å². The van der Waals surface area contributed by atoms with Crippen molar-refractivity contribution in [3.8, 4) is 0 Å². The number of nitrogens with one attached hydrogen (secondary N) is 2. The first-order valence-electron chi connectivity index (χ1n) is 13.6. The summed E-state index contributed by atoms with van der Waals surface area (Å²) in [4.78, 5) is 52.0. The molecule has 208 valence electrons. The molecule has 1 aliphatic heterocycles. The molecular formula is C29H33N7O4. The predicted molar refractivity (Wildman–Crippen MR) is 150 cm³/mol. The Kier molecular flexibility index (Phi) is 8.60. The van der Waals surface area contributed by atoms with Gasteiger partial charge in [0.1, 0.15) is 11.5 Å². The molecule has 40 heavy (non-hydrogen) atoms. The second-order valence-electron chi connectivity index (χ2n) is 10.1. The van der Waals surface area contributed by atoms with Gasteiger partial charge >= 0.3 is 0 Å². The molecule has 1 saturated carbocycles. The summed E-state index contributed by atoms with van der Waals surface area (Å²) in [5.74, 6) is 0.428. The predicted octanol–water partition coefficient (Wildman–Crippen LogP) is 3.43. The van der Waals surface area contributed by atoms with E-state index in [-0.39, 0.29) is 29.2 Å². The number of carbonyl (C=O) groups is 3. The van der Waals surface area contributed by atoms with Crippen molar-refractivity contribution in [1.29, 1.82) is 0 Å². The van der Waals surface area contributed by atoms with Crippen molar-refractivity contribution in [1.82, 2.24) is 19.9 Å². The second kappa shape index (κ2) is 12.6. The number of rotatable bonds is 9. The number of anilines is 3. The molecule has 4 N–H and O–H groups in total. The number of primary amides is 1. The maximum absolute atomic E-state index is 12.7. The van der Waals surface area contributed by atoms with E-state index in [9.17, 15) is 14.4 Å². The van der Waals surface area contributed by atoms with Gasteiger partial charge < -0.3 is 26.0 Å². The highest BCUT2D eigenvalue weighted by molar-refractivity contribution is 5.97. The highest BCUT2D eigenvalue weighted by Crippen LogP contribution is 2.30. The Morgan fingerprint density at radius 3 is 2.40 bits per heavy atom. The van der Waals surface area contributed by atoms with Crippen LogP contribution in [0.5, 0.6) is 0 Å². The summed E-state index contributed by atoms with van der Waals surface area (Å²) in [7, 11) is 0. The molecule has 0 unspecified atom stereocenters. The first kappa shape index (κ1) is 27.2. The summed E-state index contributed by atoms with van der Waals surface area (Å²) in [5, 5.41) is 6.53. The number of nitrogens with zero attached hydrogens (tertiary/aromatic N) is 4. The molecule has 2 aliphatic rings. The average Bonchev–Trinajstić information content (AvgIpc) is 2.99. The van der Waals surface area contributed by atoms with Crippen LogP contribution in [-0.4, -0.2) is 69.8 Å². The topological polar surface area (TPSA) is 152 Å². The quantitative estimate of drug-likeness (QED) is 0.345. The van der Waals surface area contributed by atoms with Gasteiger partial charge in [0.15, 0.2) is 17.3 Å². The summed E-state index contributed by atoms with van der Waals surface area (Å²) in [6.45, 7) is 2.22. The van der Waals surface area contributed by atoms with Crippen LogP contribution >= 0.6 is 0 Å². The molecule has 2 aromatic heterocycles. The lowest BCUT2D eigenvalue weighted by Crippen LogP contribution is -2.40. The van der Waals surface area contributed by atoms with Crippen LogP contribution in [0.4, 0.5) is 17.3 Å². The lowest BCUT2D eigenvalue weighted by Gasteiger charge is -2.29. The number of aromatic nitrogens is 3. The summed E-state index contributed by atoms with van der Waals surface area (Å²) < 4.78 is 5.32. The highest BCUT2D eigenvalue weighted by Gasteiger charge is 2.25. The maximum Gasteiger partial charge on any atom is 0.271 e. The van der Waals surface area contributed by atoms with E-state index in [0.29, 0.717) is 61.4 Å². The molecule has 3 aromatic rings. The smallest absolute Gasteiger partial charge is 0.271 e. The van der Waals surface area contributed by atoms with Crippen LogP contribution in [-0.2, 0) is 4.74 Å². The van der Waals surface area contributed by atoms with Crippen molar-refractivity contribution in [2.75, 3.05) is 36.9 Å². The van der Waals surface area contributed by atoms with E-state index < -0.39 is 5.91 Å². The molecule has 3 heterocycles. The monoisotopic (exact) mass is 543 g/mol. The summed E-state index contributed by atoms with van der Waals surface area (Å²) in [6, 6.07) is 12.5. The lowest BCUT2D eigenvalue weighted by atomic mass is 9.83. The molecule has 2 amide bonds. The number of Topliss-reactive ketones (excluding diaryl/α,β-unsaturated/α-hetero) is 1. The standard InChI is InChI=1S/C29H33N7O4/c30-27(38)26-28(34-22-10-6-20(7-11-22)29(39)36-13-15-40-16-14-36)35-25(18-32-26)33-21-8-4-19(5-9-21)17-24(37)23-3-1-2-12-31-23/h1-3,6-7,10-12,18-19,21H,4-5,8-9,13-17H2,(H2,30,38)(H2,33,34,35). The minimum atomic E-state index is -0.696. The molecule has 2 fully saturated rings. The molecular weight excluding hydrogens is 510 g/mol. The first-order valence-corrected chi connectivity index (χ1v) is 13.6. The lowest BCUT2D eigenvalue weighted by molar-refractivity contribution is 0.0303. The summed E-state index contributed by atoms with van der Waals surface area (Å²) >= 11 is 0. The van der Waals surface area contributed by atoms with Crippen molar-refractivity contribution in [3.05, 3.63) is 71.8 Å². The third-order valence-electron chi connectivity index (χ3n) is 7.32. The van der Waals surface area contributed by atoms with Gasteiger partial charge in [-0.1, -0.05) is 6.07 Å². The minimum Gasteiger partial charge on any atom is -0.378 e. The Labute approximate surface area is 232 Å². The van der Waals surface area contributed by atoms with Crippen LogP contribution in [0.2, 0.25) is 0 Å². The molecule has 1 aromatic carbocycles. The fraction of sp³-hybridized carbons (Fsp3) is 0.379. The average molecular weight is 544 g/mol. The number of amides is 2. The van der Waals surface area contributed by atoms with Crippen molar-refractivity contribution in [3.63, 3.8) is 0 Å². The van der Waals surface area contributed by atoms with Gasteiger partial charge in [-0.05, 0) is 68.0 Å². The molecule has 11 nitrogen and oxygen atoms in total. The van der Waals surface area contributed by atoms with Crippen LogP contribution in [0.15, 0.2) is 54.9 Å². The largest absolute Gasteiger partial charge is 0.378 e. The number of carbonyl (C=O) groups excluding carboxylic acids is 3. The van der Waals surface area contributed by atoms with Crippen LogP contribution in [0.25, 0.3) is 0 Å². The Morgan fingerprint density at radius 2 is 1.73 bits per heavy atom.